The average Bonchev–Trinajstić information content (AvgIpc) is 2.46. The fraction of sp³-hybridized carbons (Fsp3) is 0.625. The second-order valence-corrected chi connectivity index (χ2v) is 5.21. The van der Waals surface area contributed by atoms with Gasteiger partial charge in [0.15, 0.2) is 0 Å². The Kier molecular flexibility index (Phi) is 7.41. The van der Waals surface area contributed by atoms with E-state index in [0.29, 0.717) is 0 Å². The van der Waals surface area contributed by atoms with Gasteiger partial charge in [0.25, 0.3) is 0 Å². The molecule has 0 aromatic heterocycles. The molecule has 0 radical (unpaired) electrons. The molecule has 0 aliphatic heterocycles. The van der Waals surface area contributed by atoms with Crippen LogP contribution in [0.2, 0.25) is 0 Å². The molecule has 1 aromatic rings. The van der Waals surface area contributed by atoms with Crippen LogP contribution < -0.4 is 14.8 Å². The maximum atomic E-state index is 5.50. The lowest BCUT2D eigenvalue weighted by Gasteiger charge is -2.23. The van der Waals surface area contributed by atoms with E-state index in [1.807, 2.05) is 12.1 Å². The summed E-state index contributed by atoms with van der Waals surface area (Å²) in [5.41, 5.74) is 1.17. The Morgan fingerprint density at radius 1 is 1.20 bits per heavy atom. The van der Waals surface area contributed by atoms with Crippen LogP contribution in [0.4, 0.5) is 0 Å². The molecule has 1 N–H and O–H groups in total. The summed E-state index contributed by atoms with van der Waals surface area (Å²) in [7, 11) is 7.60. The van der Waals surface area contributed by atoms with E-state index >= 15 is 0 Å². The van der Waals surface area contributed by atoms with Crippen LogP contribution in [0.1, 0.15) is 31.4 Å². The van der Waals surface area contributed by atoms with Gasteiger partial charge in [-0.2, -0.15) is 0 Å². The molecule has 0 saturated heterocycles. The SMILES string of the molecule is CCCNC(CCN(C)C)c1cc(OC)ccc1OC. The van der Waals surface area contributed by atoms with Gasteiger partial charge in [-0.05, 0) is 58.2 Å². The molecular formula is C16H28N2O2. The van der Waals surface area contributed by atoms with Gasteiger partial charge in [0.05, 0.1) is 14.2 Å². The molecule has 0 spiro atoms. The first kappa shape index (κ1) is 16.8. The summed E-state index contributed by atoms with van der Waals surface area (Å²) in [5, 5.41) is 3.60. The zero-order chi connectivity index (χ0) is 15.0. The number of methoxy groups -OCH3 is 2. The zero-order valence-electron chi connectivity index (χ0n) is 13.4. The molecule has 4 heteroatoms. The smallest absolute Gasteiger partial charge is 0.123 e. The predicted octanol–water partition coefficient (Wildman–Crippen LogP) is 2.70. The Morgan fingerprint density at radius 2 is 1.95 bits per heavy atom. The van der Waals surface area contributed by atoms with Gasteiger partial charge in [-0.15, -0.1) is 0 Å². The van der Waals surface area contributed by atoms with Gasteiger partial charge in [0.2, 0.25) is 0 Å². The highest BCUT2D eigenvalue weighted by Gasteiger charge is 2.16. The molecule has 1 unspecified atom stereocenters. The summed E-state index contributed by atoms with van der Waals surface area (Å²) in [4.78, 5) is 2.20. The van der Waals surface area contributed by atoms with Gasteiger partial charge >= 0.3 is 0 Å². The molecule has 0 saturated carbocycles. The Balaban J connectivity index is 2.96. The van der Waals surface area contributed by atoms with Crippen LogP contribution in [-0.4, -0.2) is 46.3 Å². The van der Waals surface area contributed by atoms with E-state index in [1.165, 1.54) is 5.56 Å². The maximum absolute atomic E-state index is 5.50. The fourth-order valence-electron chi connectivity index (χ4n) is 2.19. The average molecular weight is 280 g/mol. The monoisotopic (exact) mass is 280 g/mol. The van der Waals surface area contributed by atoms with E-state index in [9.17, 15) is 0 Å². The van der Waals surface area contributed by atoms with Gasteiger partial charge in [-0.3, -0.25) is 0 Å². The highest BCUT2D eigenvalue weighted by atomic mass is 16.5. The van der Waals surface area contributed by atoms with Crippen molar-refractivity contribution >= 4 is 0 Å². The number of nitrogens with zero attached hydrogens (tertiary/aromatic N) is 1. The number of ether oxygens (including phenoxy) is 2. The van der Waals surface area contributed by atoms with Crippen molar-refractivity contribution in [2.75, 3.05) is 41.4 Å². The van der Waals surface area contributed by atoms with Crippen LogP contribution in [0.3, 0.4) is 0 Å². The molecule has 0 amide bonds. The van der Waals surface area contributed by atoms with Crippen LogP contribution in [0.15, 0.2) is 18.2 Å². The molecule has 1 aromatic carbocycles. The summed E-state index contributed by atoms with van der Waals surface area (Å²) in [6.45, 7) is 4.21. The minimum Gasteiger partial charge on any atom is -0.497 e. The van der Waals surface area contributed by atoms with Crippen molar-refractivity contribution < 1.29 is 9.47 Å². The third-order valence-electron chi connectivity index (χ3n) is 3.32. The lowest BCUT2D eigenvalue weighted by Crippen LogP contribution is -2.26. The highest BCUT2D eigenvalue weighted by molar-refractivity contribution is 5.42. The van der Waals surface area contributed by atoms with Crippen LogP contribution in [0.5, 0.6) is 11.5 Å². The molecule has 0 heterocycles. The lowest BCUT2D eigenvalue weighted by atomic mass is 10.0. The van der Waals surface area contributed by atoms with Crippen LogP contribution >= 0.6 is 0 Å². The maximum Gasteiger partial charge on any atom is 0.123 e. The third-order valence-corrected chi connectivity index (χ3v) is 3.32. The molecule has 0 fully saturated rings. The molecule has 4 nitrogen and oxygen atoms in total. The molecule has 0 aliphatic carbocycles. The predicted molar refractivity (Wildman–Crippen MR) is 83.8 cm³/mol. The fourth-order valence-corrected chi connectivity index (χ4v) is 2.19. The molecule has 1 atom stereocenters. The van der Waals surface area contributed by atoms with Gasteiger partial charge in [-0.25, -0.2) is 0 Å². The third kappa shape index (κ3) is 5.02. The number of rotatable bonds is 9. The van der Waals surface area contributed by atoms with Crippen molar-refractivity contribution in [3.8, 4) is 11.5 Å². The van der Waals surface area contributed by atoms with Crippen molar-refractivity contribution in [3.05, 3.63) is 23.8 Å². The van der Waals surface area contributed by atoms with Gasteiger partial charge in [0, 0.05) is 11.6 Å². The van der Waals surface area contributed by atoms with Crippen molar-refractivity contribution in [2.24, 2.45) is 0 Å². The lowest BCUT2D eigenvalue weighted by molar-refractivity contribution is 0.348. The van der Waals surface area contributed by atoms with Crippen LogP contribution in [0, 0.1) is 0 Å². The largest absolute Gasteiger partial charge is 0.497 e. The Labute approximate surface area is 123 Å². The number of hydrogen-bond donors (Lipinski definition) is 1. The first-order chi connectivity index (χ1) is 9.62. The van der Waals surface area contributed by atoms with E-state index in [4.69, 9.17) is 9.47 Å². The van der Waals surface area contributed by atoms with Crippen molar-refractivity contribution in [1.29, 1.82) is 0 Å². The molecule has 1 rings (SSSR count). The second-order valence-electron chi connectivity index (χ2n) is 5.21. The van der Waals surface area contributed by atoms with E-state index in [1.54, 1.807) is 14.2 Å². The van der Waals surface area contributed by atoms with Gasteiger partial charge < -0.3 is 19.7 Å². The second kappa shape index (κ2) is 8.82. The van der Waals surface area contributed by atoms with Crippen LogP contribution in [-0.2, 0) is 0 Å². The first-order valence-corrected chi connectivity index (χ1v) is 7.22. The summed E-state index contributed by atoms with van der Waals surface area (Å²) in [6, 6.07) is 6.26. The first-order valence-electron chi connectivity index (χ1n) is 7.22. The molecule has 0 aliphatic rings. The van der Waals surface area contributed by atoms with Gasteiger partial charge in [0.1, 0.15) is 11.5 Å². The molecular weight excluding hydrogens is 252 g/mol. The van der Waals surface area contributed by atoms with Crippen molar-refractivity contribution in [2.45, 2.75) is 25.8 Å². The van der Waals surface area contributed by atoms with E-state index in [0.717, 1.165) is 37.4 Å². The standard InChI is InChI=1S/C16H28N2O2/c1-6-10-17-15(9-11-18(2)3)14-12-13(19-4)7-8-16(14)20-5/h7-8,12,15,17H,6,9-11H2,1-5H3. The van der Waals surface area contributed by atoms with E-state index < -0.39 is 0 Å². The Morgan fingerprint density at radius 3 is 2.50 bits per heavy atom. The topological polar surface area (TPSA) is 33.7 Å². The van der Waals surface area contributed by atoms with Crippen LogP contribution in [0.25, 0.3) is 0 Å². The Bertz CT molecular complexity index is 394. The number of benzene rings is 1. The zero-order valence-corrected chi connectivity index (χ0v) is 13.4. The summed E-state index contributed by atoms with van der Waals surface area (Å²) >= 11 is 0. The minimum absolute atomic E-state index is 0.280. The molecule has 0 bridgehead atoms. The normalized spacial score (nSPS) is 12.5. The summed E-state index contributed by atoms with van der Waals surface area (Å²) < 4.78 is 10.8. The quantitative estimate of drug-likeness (QED) is 0.754. The van der Waals surface area contributed by atoms with E-state index in [-0.39, 0.29) is 6.04 Å². The highest BCUT2D eigenvalue weighted by Crippen LogP contribution is 2.31. The van der Waals surface area contributed by atoms with Crippen molar-refractivity contribution in [1.82, 2.24) is 10.2 Å². The number of hydrogen-bond acceptors (Lipinski definition) is 4. The minimum atomic E-state index is 0.280. The van der Waals surface area contributed by atoms with Gasteiger partial charge in [-0.1, -0.05) is 6.92 Å². The van der Waals surface area contributed by atoms with E-state index in [2.05, 4.69) is 37.3 Å². The summed E-state index contributed by atoms with van der Waals surface area (Å²) in [6.07, 6.45) is 2.15. The summed E-state index contributed by atoms with van der Waals surface area (Å²) in [5.74, 6) is 1.78. The number of nitrogens with one attached hydrogen (secondary N) is 1. The molecule has 20 heavy (non-hydrogen) atoms. The molecule has 114 valence electrons. The van der Waals surface area contributed by atoms with Crippen molar-refractivity contribution in [3.63, 3.8) is 0 Å². The Hall–Kier alpha value is -1.26.